The summed E-state index contributed by atoms with van der Waals surface area (Å²) in [5.74, 6) is 0.0389. The molecule has 0 spiro atoms. The van der Waals surface area contributed by atoms with Crippen LogP contribution in [0.25, 0.3) is 0 Å². The minimum atomic E-state index is -0.320. The highest BCUT2D eigenvalue weighted by molar-refractivity contribution is 6.31. The Morgan fingerprint density at radius 3 is 2.67 bits per heavy atom. The Hall–Kier alpha value is -0.600. The SMILES string of the molecule is CCCC(C)C(N)c1ccc(F)cc1Cl. The zero-order chi connectivity index (χ0) is 11.4. The zero-order valence-corrected chi connectivity index (χ0v) is 9.89. The first kappa shape index (κ1) is 12.5. The summed E-state index contributed by atoms with van der Waals surface area (Å²) >= 11 is 5.95. The molecule has 2 unspecified atom stereocenters. The average Bonchev–Trinajstić information content (AvgIpc) is 2.17. The Labute approximate surface area is 95.4 Å². The molecule has 0 heterocycles. The number of nitrogens with two attached hydrogens (primary N) is 1. The molecular weight excluding hydrogens is 213 g/mol. The summed E-state index contributed by atoms with van der Waals surface area (Å²) in [6.45, 7) is 4.21. The molecule has 3 heteroatoms. The van der Waals surface area contributed by atoms with Crippen LogP contribution in [0, 0.1) is 11.7 Å². The summed E-state index contributed by atoms with van der Waals surface area (Å²) in [7, 11) is 0. The predicted octanol–water partition coefficient (Wildman–Crippen LogP) is 3.92. The highest BCUT2D eigenvalue weighted by atomic mass is 35.5. The zero-order valence-electron chi connectivity index (χ0n) is 9.13. The van der Waals surface area contributed by atoms with E-state index in [0.717, 1.165) is 18.4 Å². The first-order chi connectivity index (χ1) is 7.06. The van der Waals surface area contributed by atoms with Crippen molar-refractivity contribution in [1.29, 1.82) is 0 Å². The van der Waals surface area contributed by atoms with E-state index >= 15 is 0 Å². The number of halogens is 2. The molecule has 0 aliphatic heterocycles. The first-order valence-corrected chi connectivity index (χ1v) is 5.64. The smallest absolute Gasteiger partial charge is 0.124 e. The fourth-order valence-corrected chi connectivity index (χ4v) is 2.01. The second-order valence-corrected chi connectivity index (χ2v) is 4.36. The van der Waals surface area contributed by atoms with Crippen molar-refractivity contribution < 1.29 is 4.39 Å². The lowest BCUT2D eigenvalue weighted by molar-refractivity contribution is 0.433. The van der Waals surface area contributed by atoms with Crippen molar-refractivity contribution in [2.75, 3.05) is 0 Å². The Balaban J connectivity index is 2.86. The summed E-state index contributed by atoms with van der Waals surface area (Å²) in [5.41, 5.74) is 6.90. The fourth-order valence-electron chi connectivity index (χ4n) is 1.71. The molecule has 0 aliphatic rings. The van der Waals surface area contributed by atoms with E-state index < -0.39 is 0 Å². The van der Waals surface area contributed by atoms with Gasteiger partial charge in [-0.1, -0.05) is 37.9 Å². The number of hydrogen-bond donors (Lipinski definition) is 1. The van der Waals surface area contributed by atoms with E-state index in [4.69, 9.17) is 17.3 Å². The van der Waals surface area contributed by atoms with Gasteiger partial charge in [0.25, 0.3) is 0 Å². The van der Waals surface area contributed by atoms with Crippen LogP contribution < -0.4 is 5.73 Å². The molecule has 0 bridgehead atoms. The van der Waals surface area contributed by atoms with Gasteiger partial charge in [0.15, 0.2) is 0 Å². The van der Waals surface area contributed by atoms with Crippen LogP contribution in [-0.4, -0.2) is 0 Å². The van der Waals surface area contributed by atoms with Crippen molar-refractivity contribution in [2.24, 2.45) is 11.7 Å². The van der Waals surface area contributed by atoms with Gasteiger partial charge in [0.05, 0.1) is 0 Å². The predicted molar refractivity (Wildman–Crippen MR) is 62.4 cm³/mol. The molecular formula is C12H17ClFN. The molecule has 0 fully saturated rings. The van der Waals surface area contributed by atoms with Crippen molar-refractivity contribution >= 4 is 11.6 Å². The maximum Gasteiger partial charge on any atom is 0.124 e. The van der Waals surface area contributed by atoms with E-state index in [1.54, 1.807) is 6.07 Å². The van der Waals surface area contributed by atoms with E-state index in [1.165, 1.54) is 12.1 Å². The van der Waals surface area contributed by atoms with Crippen molar-refractivity contribution in [3.63, 3.8) is 0 Å². The van der Waals surface area contributed by atoms with E-state index in [1.807, 2.05) is 0 Å². The first-order valence-electron chi connectivity index (χ1n) is 5.26. The summed E-state index contributed by atoms with van der Waals surface area (Å²) < 4.78 is 12.8. The van der Waals surface area contributed by atoms with E-state index in [2.05, 4.69) is 13.8 Å². The normalized spacial score (nSPS) is 15.0. The van der Waals surface area contributed by atoms with Gasteiger partial charge in [-0.05, 0) is 30.0 Å². The van der Waals surface area contributed by atoms with Gasteiger partial charge in [0.1, 0.15) is 5.82 Å². The molecule has 1 nitrogen and oxygen atoms in total. The Kier molecular flexibility index (Phi) is 4.55. The van der Waals surface area contributed by atoms with Crippen LogP contribution in [0.1, 0.15) is 38.3 Å². The second kappa shape index (κ2) is 5.47. The molecule has 84 valence electrons. The number of hydrogen-bond acceptors (Lipinski definition) is 1. The number of benzene rings is 1. The fraction of sp³-hybridized carbons (Fsp3) is 0.500. The van der Waals surface area contributed by atoms with Gasteiger partial charge in [0.2, 0.25) is 0 Å². The third-order valence-corrected chi connectivity index (χ3v) is 3.01. The number of rotatable bonds is 4. The molecule has 1 rings (SSSR count). The molecule has 2 atom stereocenters. The van der Waals surface area contributed by atoms with E-state index in [0.29, 0.717) is 10.9 Å². The second-order valence-electron chi connectivity index (χ2n) is 3.96. The highest BCUT2D eigenvalue weighted by Crippen LogP contribution is 2.29. The summed E-state index contributed by atoms with van der Waals surface area (Å²) in [6.07, 6.45) is 2.14. The van der Waals surface area contributed by atoms with Crippen LogP contribution in [0.5, 0.6) is 0 Å². The highest BCUT2D eigenvalue weighted by Gasteiger charge is 2.16. The maximum absolute atomic E-state index is 12.8. The Bertz CT molecular complexity index is 327. The summed E-state index contributed by atoms with van der Waals surface area (Å²) in [6, 6.07) is 4.28. The minimum absolute atomic E-state index is 0.113. The monoisotopic (exact) mass is 229 g/mol. The van der Waals surface area contributed by atoms with Gasteiger partial charge >= 0.3 is 0 Å². The lowest BCUT2D eigenvalue weighted by Crippen LogP contribution is -2.19. The van der Waals surface area contributed by atoms with Crippen LogP contribution in [-0.2, 0) is 0 Å². The lowest BCUT2D eigenvalue weighted by atomic mass is 9.92. The topological polar surface area (TPSA) is 26.0 Å². The van der Waals surface area contributed by atoms with Crippen molar-refractivity contribution in [3.8, 4) is 0 Å². The van der Waals surface area contributed by atoms with Gasteiger partial charge in [-0.15, -0.1) is 0 Å². The molecule has 15 heavy (non-hydrogen) atoms. The van der Waals surface area contributed by atoms with Gasteiger partial charge in [-0.2, -0.15) is 0 Å². The molecule has 1 aromatic carbocycles. The Morgan fingerprint density at radius 2 is 2.13 bits per heavy atom. The quantitative estimate of drug-likeness (QED) is 0.832. The van der Waals surface area contributed by atoms with Crippen molar-refractivity contribution in [1.82, 2.24) is 0 Å². The molecule has 0 aromatic heterocycles. The molecule has 0 radical (unpaired) electrons. The third-order valence-electron chi connectivity index (χ3n) is 2.68. The van der Waals surface area contributed by atoms with Crippen LogP contribution in [0.2, 0.25) is 5.02 Å². The minimum Gasteiger partial charge on any atom is -0.324 e. The van der Waals surface area contributed by atoms with Gasteiger partial charge in [-0.25, -0.2) is 4.39 Å². The molecule has 0 saturated carbocycles. The molecule has 0 saturated heterocycles. The van der Waals surface area contributed by atoms with Crippen molar-refractivity contribution in [2.45, 2.75) is 32.7 Å². The molecule has 0 aliphatic carbocycles. The standard InChI is InChI=1S/C12H17ClFN/c1-3-4-8(2)12(15)10-6-5-9(14)7-11(10)13/h5-8,12H,3-4,15H2,1-2H3. The van der Waals surface area contributed by atoms with Gasteiger partial charge in [-0.3, -0.25) is 0 Å². The largest absolute Gasteiger partial charge is 0.324 e. The van der Waals surface area contributed by atoms with Crippen LogP contribution >= 0.6 is 11.6 Å². The Morgan fingerprint density at radius 1 is 1.47 bits per heavy atom. The van der Waals surface area contributed by atoms with E-state index in [-0.39, 0.29) is 11.9 Å². The molecule has 1 aromatic rings. The van der Waals surface area contributed by atoms with Gasteiger partial charge < -0.3 is 5.73 Å². The third kappa shape index (κ3) is 3.18. The van der Waals surface area contributed by atoms with Crippen LogP contribution in [0.4, 0.5) is 4.39 Å². The molecule has 2 N–H and O–H groups in total. The maximum atomic E-state index is 12.8. The molecule has 0 amide bonds. The van der Waals surface area contributed by atoms with Crippen LogP contribution in [0.3, 0.4) is 0 Å². The summed E-state index contributed by atoms with van der Waals surface area (Å²) in [4.78, 5) is 0. The van der Waals surface area contributed by atoms with E-state index in [9.17, 15) is 4.39 Å². The van der Waals surface area contributed by atoms with Crippen LogP contribution in [0.15, 0.2) is 18.2 Å². The van der Waals surface area contributed by atoms with Gasteiger partial charge in [0, 0.05) is 11.1 Å². The average molecular weight is 230 g/mol. The van der Waals surface area contributed by atoms with Crippen molar-refractivity contribution in [3.05, 3.63) is 34.6 Å². The lowest BCUT2D eigenvalue weighted by Gasteiger charge is -2.20. The summed E-state index contributed by atoms with van der Waals surface area (Å²) in [5, 5.41) is 0.422.